The summed E-state index contributed by atoms with van der Waals surface area (Å²) in [6.07, 6.45) is 6.96. The molecule has 2 heterocycles. The molecule has 30 heavy (non-hydrogen) atoms. The zero-order valence-electron chi connectivity index (χ0n) is 17.3. The van der Waals surface area contributed by atoms with Gasteiger partial charge in [0.2, 0.25) is 15.9 Å². The lowest BCUT2D eigenvalue weighted by Gasteiger charge is -2.31. The Labute approximate surface area is 177 Å². The summed E-state index contributed by atoms with van der Waals surface area (Å²) in [6.45, 7) is 3.52. The number of furan rings is 1. The third-order valence-corrected chi connectivity index (χ3v) is 6.79. The summed E-state index contributed by atoms with van der Waals surface area (Å²) in [5, 5.41) is 0. The third-order valence-electron chi connectivity index (χ3n) is 5.35. The largest absolute Gasteiger partial charge is 0.495 e. The van der Waals surface area contributed by atoms with E-state index in [1.165, 1.54) is 13.2 Å². The minimum Gasteiger partial charge on any atom is -0.495 e. The summed E-state index contributed by atoms with van der Waals surface area (Å²) in [7, 11) is -2.21. The topological polar surface area (TPSA) is 88.9 Å². The van der Waals surface area contributed by atoms with E-state index in [0.717, 1.165) is 24.8 Å². The molecular weight excluding hydrogens is 404 g/mol. The van der Waals surface area contributed by atoms with Crippen LogP contribution >= 0.6 is 0 Å². The van der Waals surface area contributed by atoms with Crippen molar-refractivity contribution in [3.05, 3.63) is 54.0 Å². The molecule has 1 saturated heterocycles. The van der Waals surface area contributed by atoms with Crippen molar-refractivity contribution in [2.24, 2.45) is 5.92 Å². The van der Waals surface area contributed by atoms with Crippen LogP contribution in [0.1, 0.15) is 31.1 Å². The molecule has 0 spiro atoms. The first-order valence-electron chi connectivity index (χ1n) is 10.1. The van der Waals surface area contributed by atoms with Gasteiger partial charge in [0.1, 0.15) is 16.4 Å². The average Bonchev–Trinajstić information content (AvgIpc) is 3.29. The summed E-state index contributed by atoms with van der Waals surface area (Å²) in [4.78, 5) is 14.2. The maximum Gasteiger partial charge on any atom is 0.246 e. The Morgan fingerprint density at radius 2 is 2.07 bits per heavy atom. The number of amides is 1. The molecule has 2 aromatic rings. The molecule has 1 fully saturated rings. The summed E-state index contributed by atoms with van der Waals surface area (Å²) in [6, 6.07) is 8.77. The number of nitrogens with one attached hydrogen (secondary N) is 1. The zero-order valence-corrected chi connectivity index (χ0v) is 18.2. The number of ether oxygens (including phenoxy) is 1. The van der Waals surface area contributed by atoms with Gasteiger partial charge in [0.15, 0.2) is 0 Å². The molecule has 8 heteroatoms. The molecular formula is C22H28N2O5S. The second-order valence-corrected chi connectivity index (χ2v) is 9.04. The Morgan fingerprint density at radius 1 is 1.30 bits per heavy atom. The zero-order chi connectivity index (χ0) is 21.6. The second-order valence-electron chi connectivity index (χ2n) is 7.31. The van der Waals surface area contributed by atoms with Crippen molar-refractivity contribution >= 4 is 22.0 Å². The first kappa shape index (κ1) is 22.1. The lowest BCUT2D eigenvalue weighted by molar-refractivity contribution is -0.127. The number of aryl methyl sites for hydroxylation is 1. The van der Waals surface area contributed by atoms with Crippen LogP contribution in [0.25, 0.3) is 6.08 Å². The van der Waals surface area contributed by atoms with Gasteiger partial charge in [0.05, 0.1) is 13.4 Å². The fraction of sp³-hybridized carbons (Fsp3) is 0.409. The molecule has 1 aromatic carbocycles. The Kier molecular flexibility index (Phi) is 7.33. The number of piperidine rings is 1. The van der Waals surface area contributed by atoms with Crippen molar-refractivity contribution in [1.29, 1.82) is 0 Å². The number of hydrogen-bond acceptors (Lipinski definition) is 5. The van der Waals surface area contributed by atoms with Crippen LogP contribution in [0, 0.1) is 5.92 Å². The lowest BCUT2D eigenvalue weighted by Crippen LogP contribution is -2.41. The molecule has 0 radical (unpaired) electrons. The van der Waals surface area contributed by atoms with Gasteiger partial charge in [0.25, 0.3) is 0 Å². The van der Waals surface area contributed by atoms with Gasteiger partial charge in [-0.3, -0.25) is 4.79 Å². The Morgan fingerprint density at radius 3 is 2.70 bits per heavy atom. The fourth-order valence-corrected chi connectivity index (χ4v) is 4.79. The molecule has 1 aliphatic heterocycles. The van der Waals surface area contributed by atoms with E-state index in [4.69, 9.17) is 9.15 Å². The van der Waals surface area contributed by atoms with Gasteiger partial charge in [0, 0.05) is 25.7 Å². The van der Waals surface area contributed by atoms with Gasteiger partial charge >= 0.3 is 0 Å². The number of likely N-dealkylation sites (tertiary alicyclic amines) is 1. The van der Waals surface area contributed by atoms with E-state index in [1.54, 1.807) is 41.5 Å². The predicted molar refractivity (Wildman–Crippen MR) is 115 cm³/mol. The number of hydrogen-bond donors (Lipinski definition) is 1. The van der Waals surface area contributed by atoms with Crippen LogP contribution in [-0.4, -0.2) is 46.0 Å². The molecule has 1 N–H and O–H groups in total. The van der Waals surface area contributed by atoms with Crippen LogP contribution < -0.4 is 9.46 Å². The monoisotopic (exact) mass is 432 g/mol. The molecule has 0 aliphatic carbocycles. The number of benzene rings is 1. The predicted octanol–water partition coefficient (Wildman–Crippen LogP) is 3.08. The van der Waals surface area contributed by atoms with Gasteiger partial charge in [-0.15, -0.1) is 0 Å². The molecule has 1 aliphatic rings. The third kappa shape index (κ3) is 5.52. The number of methoxy groups -OCH3 is 1. The van der Waals surface area contributed by atoms with E-state index in [9.17, 15) is 13.2 Å². The van der Waals surface area contributed by atoms with E-state index in [0.29, 0.717) is 31.1 Å². The van der Waals surface area contributed by atoms with Crippen LogP contribution in [0.3, 0.4) is 0 Å². The molecule has 7 nitrogen and oxygen atoms in total. The standard InChI is InChI=1S/C22H28N2O5S/c1-3-17-6-8-20(28-2)21(15-17)30(26,27)23-16-18-10-12-24(13-11-18)22(25)9-7-19-5-4-14-29-19/h4-9,14-15,18,23H,3,10-13,16H2,1-2H3/b9-7+. The van der Waals surface area contributed by atoms with Gasteiger partial charge in [-0.25, -0.2) is 13.1 Å². The van der Waals surface area contributed by atoms with Gasteiger partial charge in [-0.1, -0.05) is 13.0 Å². The van der Waals surface area contributed by atoms with Gasteiger partial charge in [-0.2, -0.15) is 0 Å². The van der Waals surface area contributed by atoms with Crippen LogP contribution in [0.2, 0.25) is 0 Å². The highest BCUT2D eigenvalue weighted by Gasteiger charge is 2.25. The summed E-state index contributed by atoms with van der Waals surface area (Å²) >= 11 is 0. The number of nitrogens with zero attached hydrogens (tertiary/aromatic N) is 1. The van der Waals surface area contributed by atoms with Crippen LogP contribution in [-0.2, 0) is 21.2 Å². The molecule has 0 saturated carbocycles. The highest BCUT2D eigenvalue weighted by molar-refractivity contribution is 7.89. The highest BCUT2D eigenvalue weighted by atomic mass is 32.2. The van der Waals surface area contributed by atoms with Crippen molar-refractivity contribution in [3.63, 3.8) is 0 Å². The van der Waals surface area contributed by atoms with Gasteiger partial charge in [-0.05, 0) is 61.1 Å². The molecule has 0 atom stereocenters. The number of sulfonamides is 1. The molecule has 0 unspecified atom stereocenters. The molecule has 0 bridgehead atoms. The second kappa shape index (κ2) is 9.95. The van der Waals surface area contributed by atoms with E-state index in [-0.39, 0.29) is 16.7 Å². The Hall–Kier alpha value is -2.58. The van der Waals surface area contributed by atoms with Crippen molar-refractivity contribution in [1.82, 2.24) is 9.62 Å². The first-order chi connectivity index (χ1) is 14.4. The van der Waals surface area contributed by atoms with E-state index in [1.807, 2.05) is 13.0 Å². The summed E-state index contributed by atoms with van der Waals surface area (Å²) < 4.78 is 38.8. The highest BCUT2D eigenvalue weighted by Crippen LogP contribution is 2.26. The average molecular weight is 433 g/mol. The van der Waals surface area contributed by atoms with E-state index in [2.05, 4.69) is 4.72 Å². The fourth-order valence-electron chi connectivity index (χ4n) is 3.46. The minimum absolute atomic E-state index is 0.0634. The molecule has 162 valence electrons. The Balaban J connectivity index is 1.53. The molecule has 1 aromatic heterocycles. The normalized spacial score (nSPS) is 15.6. The lowest BCUT2D eigenvalue weighted by atomic mass is 9.97. The number of carbonyl (C=O) groups is 1. The van der Waals surface area contributed by atoms with Crippen LogP contribution in [0.4, 0.5) is 0 Å². The Bertz CT molecular complexity index is 975. The van der Waals surface area contributed by atoms with Crippen molar-refractivity contribution in [2.75, 3.05) is 26.7 Å². The van der Waals surface area contributed by atoms with E-state index < -0.39 is 10.0 Å². The van der Waals surface area contributed by atoms with Crippen LogP contribution in [0.5, 0.6) is 5.75 Å². The van der Waals surface area contributed by atoms with Crippen LogP contribution in [0.15, 0.2) is 52.0 Å². The van der Waals surface area contributed by atoms with Crippen molar-refractivity contribution in [2.45, 2.75) is 31.1 Å². The smallest absolute Gasteiger partial charge is 0.246 e. The SMILES string of the molecule is CCc1ccc(OC)c(S(=O)(=O)NCC2CCN(C(=O)/C=C/c3ccco3)CC2)c1. The summed E-state index contributed by atoms with van der Waals surface area (Å²) in [5.74, 6) is 1.09. The maximum absolute atomic E-state index is 12.8. The van der Waals surface area contributed by atoms with E-state index >= 15 is 0 Å². The summed E-state index contributed by atoms with van der Waals surface area (Å²) in [5.41, 5.74) is 0.936. The van der Waals surface area contributed by atoms with Crippen molar-refractivity contribution < 1.29 is 22.4 Å². The molecule has 1 amide bonds. The first-order valence-corrected chi connectivity index (χ1v) is 11.6. The number of carbonyl (C=O) groups excluding carboxylic acids is 1. The minimum atomic E-state index is -3.68. The van der Waals surface area contributed by atoms with Crippen molar-refractivity contribution in [3.8, 4) is 5.75 Å². The number of rotatable bonds is 8. The molecule has 3 rings (SSSR count). The van der Waals surface area contributed by atoms with Gasteiger partial charge < -0.3 is 14.1 Å². The maximum atomic E-state index is 12.8. The quantitative estimate of drug-likeness (QED) is 0.648.